The quantitative estimate of drug-likeness (QED) is 0.604. The van der Waals surface area contributed by atoms with Gasteiger partial charge in [-0.15, -0.1) is 5.10 Å². The normalized spacial score (nSPS) is 17.7. The van der Waals surface area contributed by atoms with Gasteiger partial charge in [0, 0.05) is 49.7 Å². The number of fused-ring (bicyclic) bond motifs is 3. The minimum atomic E-state index is -0.103. The third-order valence-corrected chi connectivity index (χ3v) is 5.78. The van der Waals surface area contributed by atoms with Crippen LogP contribution in [0, 0.1) is 0 Å². The Hall–Kier alpha value is -3.69. The fourth-order valence-electron chi connectivity index (χ4n) is 4.32. The van der Waals surface area contributed by atoms with Crippen molar-refractivity contribution >= 4 is 29.4 Å². The highest BCUT2D eigenvalue weighted by molar-refractivity contribution is 6.10. The first-order chi connectivity index (χ1) is 15.7. The number of carbonyl (C=O) groups excluding carboxylic acids is 1. The van der Waals surface area contributed by atoms with Crippen molar-refractivity contribution in [3.8, 4) is 11.5 Å². The second kappa shape index (κ2) is 8.45. The molecule has 0 radical (unpaired) electrons. The number of hydrogen-bond donors (Lipinski definition) is 2. The average Bonchev–Trinajstić information content (AvgIpc) is 3.45. The van der Waals surface area contributed by atoms with Crippen molar-refractivity contribution in [1.82, 2.24) is 20.2 Å². The molecule has 10 heteroatoms. The van der Waals surface area contributed by atoms with E-state index in [0.29, 0.717) is 42.3 Å². The number of benzene rings is 1. The van der Waals surface area contributed by atoms with Crippen molar-refractivity contribution in [1.29, 1.82) is 0 Å². The van der Waals surface area contributed by atoms with E-state index in [4.69, 9.17) is 4.42 Å². The Morgan fingerprint density at radius 3 is 2.91 bits per heavy atom. The molecule has 10 nitrogen and oxygen atoms in total. The zero-order valence-corrected chi connectivity index (χ0v) is 18.2. The molecule has 2 N–H and O–H groups in total. The summed E-state index contributed by atoms with van der Waals surface area (Å²) in [7, 11) is 0. The van der Waals surface area contributed by atoms with Crippen LogP contribution in [-0.4, -0.2) is 58.3 Å². The molecule has 1 amide bonds. The number of nitrogens with one attached hydrogen (secondary N) is 2. The Labute approximate surface area is 186 Å². The number of nitrogens with zero attached hydrogens (tertiary/aromatic N) is 6. The molecule has 2 aliphatic heterocycles. The van der Waals surface area contributed by atoms with Crippen LogP contribution in [-0.2, 0) is 0 Å². The fraction of sp³-hybridized carbons (Fsp3) is 0.409. The van der Waals surface area contributed by atoms with E-state index in [1.807, 2.05) is 43.0 Å². The van der Waals surface area contributed by atoms with Crippen LogP contribution in [0.4, 0.5) is 23.5 Å². The number of rotatable bonds is 6. The maximum Gasteiger partial charge on any atom is 0.315 e. The summed E-state index contributed by atoms with van der Waals surface area (Å²) in [6.07, 6.45) is 3.72. The Morgan fingerprint density at radius 2 is 2.06 bits per heavy atom. The van der Waals surface area contributed by atoms with Crippen molar-refractivity contribution in [2.24, 2.45) is 0 Å². The summed E-state index contributed by atoms with van der Waals surface area (Å²) in [5.74, 6) is 1.57. The molecule has 1 unspecified atom stereocenters. The van der Waals surface area contributed by atoms with Gasteiger partial charge >= 0.3 is 6.01 Å². The lowest BCUT2D eigenvalue weighted by Crippen LogP contribution is -2.39. The Morgan fingerprint density at radius 1 is 1.19 bits per heavy atom. The van der Waals surface area contributed by atoms with Gasteiger partial charge in [-0.1, -0.05) is 11.2 Å². The summed E-state index contributed by atoms with van der Waals surface area (Å²) in [6.45, 7) is 6.85. The zero-order valence-electron chi connectivity index (χ0n) is 18.2. The minimum absolute atomic E-state index is 0.103. The van der Waals surface area contributed by atoms with Crippen LogP contribution in [0.15, 0.2) is 34.9 Å². The largest absolute Gasteiger partial charge is 0.403 e. The molecule has 0 aliphatic carbocycles. The van der Waals surface area contributed by atoms with Gasteiger partial charge in [0.1, 0.15) is 11.4 Å². The molecule has 1 fully saturated rings. The number of aromatic nitrogens is 4. The van der Waals surface area contributed by atoms with Crippen molar-refractivity contribution in [3.05, 3.63) is 36.0 Å². The highest BCUT2D eigenvalue weighted by Crippen LogP contribution is 2.35. The van der Waals surface area contributed by atoms with Gasteiger partial charge < -0.3 is 24.9 Å². The fourth-order valence-corrected chi connectivity index (χ4v) is 4.32. The molecule has 5 rings (SSSR count). The Bertz CT molecular complexity index is 1130. The van der Waals surface area contributed by atoms with Crippen LogP contribution in [0.1, 0.15) is 37.0 Å². The predicted molar refractivity (Wildman–Crippen MR) is 122 cm³/mol. The van der Waals surface area contributed by atoms with E-state index in [0.717, 1.165) is 37.2 Å². The first kappa shape index (κ1) is 20.2. The van der Waals surface area contributed by atoms with Gasteiger partial charge in [0.2, 0.25) is 11.8 Å². The van der Waals surface area contributed by atoms with E-state index < -0.39 is 0 Å². The van der Waals surface area contributed by atoms with Gasteiger partial charge in [-0.2, -0.15) is 4.98 Å². The smallest absolute Gasteiger partial charge is 0.315 e. The number of hydrogen-bond acceptors (Lipinski definition) is 9. The molecule has 0 spiro atoms. The van der Waals surface area contributed by atoms with Crippen LogP contribution in [0.25, 0.3) is 11.5 Å². The maximum absolute atomic E-state index is 13.6. The third kappa shape index (κ3) is 3.61. The lowest BCUT2D eigenvalue weighted by Gasteiger charge is -2.27. The second-order valence-electron chi connectivity index (χ2n) is 7.86. The first-order valence-electron chi connectivity index (χ1n) is 11.0. The molecule has 1 atom stereocenters. The maximum atomic E-state index is 13.6. The van der Waals surface area contributed by atoms with E-state index >= 15 is 0 Å². The summed E-state index contributed by atoms with van der Waals surface area (Å²) < 4.78 is 5.69. The van der Waals surface area contributed by atoms with Gasteiger partial charge in [-0.3, -0.25) is 4.79 Å². The molecule has 4 heterocycles. The molecule has 0 bridgehead atoms. The van der Waals surface area contributed by atoms with Gasteiger partial charge in [0.25, 0.3) is 5.91 Å². The van der Waals surface area contributed by atoms with E-state index in [1.165, 1.54) is 0 Å². The summed E-state index contributed by atoms with van der Waals surface area (Å²) in [5.41, 5.74) is 2.07. The monoisotopic (exact) mass is 434 g/mol. The molecule has 0 saturated carbocycles. The van der Waals surface area contributed by atoms with Crippen LogP contribution in [0.2, 0.25) is 0 Å². The molecule has 2 aromatic heterocycles. The van der Waals surface area contributed by atoms with Crippen LogP contribution >= 0.6 is 0 Å². The molecule has 166 valence electrons. The summed E-state index contributed by atoms with van der Waals surface area (Å²) in [4.78, 5) is 26.7. The lowest BCUT2D eigenvalue weighted by molar-refractivity contribution is 0.0988. The SMILES string of the molecule is CCNc1ncc2c(n1)N1CCCC1CN(c1cccc(-c3nnc(NCC)o3)c1)C2=O. The van der Waals surface area contributed by atoms with E-state index in [2.05, 4.69) is 35.7 Å². The topological polar surface area (TPSA) is 112 Å². The average molecular weight is 435 g/mol. The van der Waals surface area contributed by atoms with Gasteiger partial charge in [0.15, 0.2) is 0 Å². The first-order valence-corrected chi connectivity index (χ1v) is 11.0. The molecular weight excluding hydrogens is 408 g/mol. The highest BCUT2D eigenvalue weighted by atomic mass is 16.4. The molecule has 2 aliphatic rings. The number of carbonyl (C=O) groups is 1. The molecule has 32 heavy (non-hydrogen) atoms. The van der Waals surface area contributed by atoms with E-state index in [-0.39, 0.29) is 11.9 Å². The van der Waals surface area contributed by atoms with Crippen LogP contribution in [0.5, 0.6) is 0 Å². The molecule has 3 aromatic rings. The van der Waals surface area contributed by atoms with Crippen LogP contribution in [0.3, 0.4) is 0 Å². The molecule has 1 saturated heterocycles. The highest BCUT2D eigenvalue weighted by Gasteiger charge is 2.37. The van der Waals surface area contributed by atoms with Gasteiger partial charge in [-0.05, 0) is 44.9 Å². The summed E-state index contributed by atoms with van der Waals surface area (Å²) >= 11 is 0. The Balaban J connectivity index is 1.52. The van der Waals surface area contributed by atoms with Crippen molar-refractivity contribution in [2.75, 3.05) is 46.6 Å². The zero-order chi connectivity index (χ0) is 22.1. The van der Waals surface area contributed by atoms with E-state index in [1.54, 1.807) is 6.20 Å². The van der Waals surface area contributed by atoms with Crippen molar-refractivity contribution < 1.29 is 9.21 Å². The van der Waals surface area contributed by atoms with Crippen molar-refractivity contribution in [3.63, 3.8) is 0 Å². The van der Waals surface area contributed by atoms with Crippen LogP contribution < -0.4 is 20.4 Å². The number of amides is 1. The lowest BCUT2D eigenvalue weighted by atomic mass is 10.1. The van der Waals surface area contributed by atoms with Gasteiger partial charge in [0.05, 0.1) is 0 Å². The second-order valence-corrected chi connectivity index (χ2v) is 7.86. The molecular formula is C22H26N8O2. The summed E-state index contributed by atoms with van der Waals surface area (Å²) in [5, 5.41) is 14.3. The summed E-state index contributed by atoms with van der Waals surface area (Å²) in [6, 6.07) is 8.23. The van der Waals surface area contributed by atoms with Gasteiger partial charge in [-0.25, -0.2) is 4.98 Å². The third-order valence-electron chi connectivity index (χ3n) is 5.78. The Kier molecular flexibility index (Phi) is 5.34. The van der Waals surface area contributed by atoms with E-state index in [9.17, 15) is 4.79 Å². The minimum Gasteiger partial charge on any atom is -0.403 e. The predicted octanol–water partition coefficient (Wildman–Crippen LogP) is 3.02. The molecule has 1 aromatic carbocycles. The standard InChI is InChI=1S/C22H26N8O2/c1-3-23-21-25-12-17-18(26-21)29-10-6-9-16(29)13-30(20(17)31)15-8-5-7-14(11-15)19-27-28-22(32-19)24-4-2/h5,7-8,11-12,16H,3-4,6,9-10,13H2,1-2H3,(H,24,28)(H,23,25,26). The van der Waals surface area contributed by atoms with Crippen molar-refractivity contribution in [2.45, 2.75) is 32.7 Å². The number of anilines is 4.